The quantitative estimate of drug-likeness (QED) is 0.750. The van der Waals surface area contributed by atoms with E-state index < -0.39 is 0 Å². The van der Waals surface area contributed by atoms with E-state index in [0.717, 1.165) is 18.9 Å². The van der Waals surface area contributed by atoms with Crippen LogP contribution in [-0.2, 0) is 11.3 Å². The monoisotopic (exact) mass is 414 g/mol. The Morgan fingerprint density at radius 2 is 1.90 bits per heavy atom. The van der Waals surface area contributed by atoms with Gasteiger partial charge in [0, 0.05) is 38.9 Å². The highest BCUT2D eigenvalue weighted by atomic mass is 19.1. The number of halogens is 1. The van der Waals surface area contributed by atoms with Crippen molar-refractivity contribution in [2.75, 3.05) is 36.0 Å². The summed E-state index contributed by atoms with van der Waals surface area (Å²) >= 11 is 0. The third-order valence-corrected chi connectivity index (χ3v) is 5.32. The van der Waals surface area contributed by atoms with Gasteiger partial charge in [0.2, 0.25) is 0 Å². The van der Waals surface area contributed by atoms with Gasteiger partial charge in [-0.2, -0.15) is 0 Å². The fourth-order valence-electron chi connectivity index (χ4n) is 3.83. The van der Waals surface area contributed by atoms with Crippen LogP contribution in [-0.4, -0.2) is 49.3 Å². The lowest BCUT2D eigenvalue weighted by Gasteiger charge is -2.37. The highest BCUT2D eigenvalue weighted by molar-refractivity contribution is 5.94. The number of hydrogen-bond donors (Lipinski definition) is 1. The average Bonchev–Trinajstić information content (AvgIpc) is 2.72. The maximum Gasteiger partial charge on any atom is 0.253 e. The molecule has 6 nitrogen and oxygen atoms in total. The summed E-state index contributed by atoms with van der Waals surface area (Å²) in [5, 5.41) is 2.84. The summed E-state index contributed by atoms with van der Waals surface area (Å²) in [5.41, 5.74) is 1.77. The molecule has 0 bridgehead atoms. The van der Waals surface area contributed by atoms with Gasteiger partial charge >= 0.3 is 0 Å². The lowest BCUT2D eigenvalue weighted by atomic mass is 10.1. The molecule has 7 heteroatoms. The van der Waals surface area contributed by atoms with Crippen molar-refractivity contribution in [2.45, 2.75) is 46.4 Å². The smallest absolute Gasteiger partial charge is 0.253 e. The van der Waals surface area contributed by atoms with Crippen molar-refractivity contribution in [1.82, 2.24) is 10.3 Å². The van der Waals surface area contributed by atoms with Gasteiger partial charge in [0.05, 0.1) is 23.5 Å². The molecule has 2 aromatic rings. The Kier molecular flexibility index (Phi) is 7.26. The van der Waals surface area contributed by atoms with E-state index in [2.05, 4.69) is 29.0 Å². The van der Waals surface area contributed by atoms with Crippen LogP contribution in [0.4, 0.5) is 15.9 Å². The van der Waals surface area contributed by atoms with E-state index in [4.69, 9.17) is 4.74 Å². The molecule has 1 aromatic carbocycles. The van der Waals surface area contributed by atoms with Crippen molar-refractivity contribution in [3.63, 3.8) is 0 Å². The largest absolute Gasteiger partial charge is 0.372 e. The van der Waals surface area contributed by atoms with E-state index in [1.807, 2.05) is 30.9 Å². The summed E-state index contributed by atoms with van der Waals surface area (Å²) in [4.78, 5) is 20.9. The van der Waals surface area contributed by atoms with Crippen LogP contribution in [0.25, 0.3) is 0 Å². The zero-order chi connectivity index (χ0) is 21.7. The number of morpholine rings is 1. The molecule has 1 saturated heterocycles. The number of rotatable bonds is 7. The maximum atomic E-state index is 14.7. The van der Waals surface area contributed by atoms with Gasteiger partial charge in [-0.05, 0) is 57.5 Å². The van der Waals surface area contributed by atoms with Crippen LogP contribution in [0.15, 0.2) is 36.5 Å². The van der Waals surface area contributed by atoms with Gasteiger partial charge in [0.15, 0.2) is 0 Å². The Labute approximate surface area is 178 Å². The molecule has 162 valence electrons. The fourth-order valence-corrected chi connectivity index (χ4v) is 3.83. The fraction of sp³-hybridized carbons (Fsp3) is 0.478. The van der Waals surface area contributed by atoms with Crippen LogP contribution in [0.3, 0.4) is 0 Å². The van der Waals surface area contributed by atoms with Crippen LogP contribution in [0.2, 0.25) is 0 Å². The summed E-state index contributed by atoms with van der Waals surface area (Å²) in [7, 11) is 0. The molecule has 30 heavy (non-hydrogen) atoms. The third kappa shape index (κ3) is 5.27. The van der Waals surface area contributed by atoms with Crippen molar-refractivity contribution in [3.8, 4) is 0 Å². The summed E-state index contributed by atoms with van der Waals surface area (Å²) in [6, 6.07) is 8.73. The Morgan fingerprint density at radius 3 is 2.47 bits per heavy atom. The van der Waals surface area contributed by atoms with Crippen molar-refractivity contribution in [3.05, 3.63) is 53.5 Å². The van der Waals surface area contributed by atoms with E-state index >= 15 is 0 Å². The van der Waals surface area contributed by atoms with Crippen molar-refractivity contribution in [1.29, 1.82) is 0 Å². The maximum absolute atomic E-state index is 14.7. The average molecular weight is 415 g/mol. The van der Waals surface area contributed by atoms with Crippen LogP contribution in [0.1, 0.15) is 43.6 Å². The Hall–Kier alpha value is -2.67. The van der Waals surface area contributed by atoms with E-state index in [1.54, 1.807) is 18.3 Å². The first-order valence-electron chi connectivity index (χ1n) is 10.6. The van der Waals surface area contributed by atoms with Crippen molar-refractivity contribution >= 4 is 17.4 Å². The van der Waals surface area contributed by atoms with Gasteiger partial charge in [-0.25, -0.2) is 9.37 Å². The zero-order valence-corrected chi connectivity index (χ0v) is 18.2. The molecule has 1 fully saturated rings. The molecule has 2 atom stereocenters. The number of anilines is 2. The van der Waals surface area contributed by atoms with Gasteiger partial charge in [0.25, 0.3) is 5.91 Å². The Balaban J connectivity index is 1.60. The molecule has 2 unspecified atom stereocenters. The second kappa shape index (κ2) is 9.89. The van der Waals surface area contributed by atoms with Crippen LogP contribution in [0.5, 0.6) is 0 Å². The number of pyridine rings is 1. The number of amides is 1. The molecule has 1 aliphatic heterocycles. The molecular weight excluding hydrogens is 383 g/mol. The molecule has 2 heterocycles. The lowest BCUT2D eigenvalue weighted by Crippen LogP contribution is -2.45. The Morgan fingerprint density at radius 1 is 1.20 bits per heavy atom. The number of ether oxygens (including phenoxy) is 1. The third-order valence-electron chi connectivity index (χ3n) is 5.32. The minimum absolute atomic E-state index is 0.0637. The first-order valence-corrected chi connectivity index (χ1v) is 10.6. The van der Waals surface area contributed by atoms with Gasteiger partial charge in [-0.1, -0.05) is 6.07 Å². The van der Waals surface area contributed by atoms with E-state index in [0.29, 0.717) is 29.9 Å². The molecular formula is C23H31FN4O2. The summed E-state index contributed by atoms with van der Waals surface area (Å²) in [6.07, 6.45) is 1.70. The second-order valence-electron chi connectivity index (χ2n) is 7.71. The normalized spacial score (nSPS) is 18.9. The molecule has 1 N–H and O–H groups in total. The second-order valence-corrected chi connectivity index (χ2v) is 7.71. The minimum atomic E-state index is -0.284. The van der Waals surface area contributed by atoms with Crippen molar-refractivity contribution < 1.29 is 13.9 Å². The summed E-state index contributed by atoms with van der Waals surface area (Å²) < 4.78 is 20.4. The highest BCUT2D eigenvalue weighted by Crippen LogP contribution is 2.24. The SMILES string of the molecule is CCN(CC)c1ccc(C(=O)NCc2ccc(N3CC(C)OC(C)C3)c(F)c2)cn1. The number of benzene rings is 1. The molecule has 3 rings (SSSR count). The van der Waals surface area contributed by atoms with Crippen molar-refractivity contribution in [2.24, 2.45) is 0 Å². The van der Waals surface area contributed by atoms with Gasteiger partial charge < -0.3 is 19.9 Å². The Bertz CT molecular complexity index is 845. The van der Waals surface area contributed by atoms with Crippen LogP contribution < -0.4 is 15.1 Å². The zero-order valence-electron chi connectivity index (χ0n) is 18.2. The molecule has 1 aliphatic rings. The molecule has 1 aromatic heterocycles. The standard InChI is InChI=1S/C23H31FN4O2/c1-5-27(6-2)22-10-8-19(13-25-22)23(29)26-12-18-7-9-21(20(24)11-18)28-14-16(3)30-17(4)15-28/h7-11,13,16-17H,5-6,12,14-15H2,1-4H3,(H,26,29). The number of carbonyl (C=O) groups is 1. The predicted octanol–water partition coefficient (Wildman–Crippen LogP) is 3.61. The van der Waals surface area contributed by atoms with Crippen LogP contribution in [0, 0.1) is 5.82 Å². The topological polar surface area (TPSA) is 57.7 Å². The molecule has 0 spiro atoms. The van der Waals surface area contributed by atoms with E-state index in [-0.39, 0.29) is 30.5 Å². The van der Waals surface area contributed by atoms with Gasteiger partial charge in [0.1, 0.15) is 11.6 Å². The first-order chi connectivity index (χ1) is 14.4. The van der Waals surface area contributed by atoms with Crippen LogP contribution >= 0.6 is 0 Å². The first kappa shape index (κ1) is 22.0. The van der Waals surface area contributed by atoms with Gasteiger partial charge in [-0.3, -0.25) is 4.79 Å². The molecule has 0 radical (unpaired) electrons. The lowest BCUT2D eigenvalue weighted by molar-refractivity contribution is -0.00539. The summed E-state index contributed by atoms with van der Waals surface area (Å²) in [6.45, 7) is 11.4. The highest BCUT2D eigenvalue weighted by Gasteiger charge is 2.24. The number of aromatic nitrogens is 1. The number of nitrogens with zero attached hydrogens (tertiary/aromatic N) is 3. The number of hydrogen-bond acceptors (Lipinski definition) is 5. The van der Waals surface area contributed by atoms with E-state index in [1.165, 1.54) is 6.07 Å². The predicted molar refractivity (Wildman–Crippen MR) is 118 cm³/mol. The van der Waals surface area contributed by atoms with Gasteiger partial charge in [-0.15, -0.1) is 0 Å². The molecule has 0 saturated carbocycles. The summed E-state index contributed by atoms with van der Waals surface area (Å²) in [5.74, 6) is 0.336. The van der Waals surface area contributed by atoms with E-state index in [9.17, 15) is 9.18 Å². The minimum Gasteiger partial charge on any atom is -0.372 e. The molecule has 1 amide bonds. The molecule has 0 aliphatic carbocycles. The number of carbonyl (C=O) groups excluding carboxylic acids is 1. The number of nitrogens with one attached hydrogen (secondary N) is 1.